The van der Waals surface area contributed by atoms with Crippen LogP contribution in [0.3, 0.4) is 0 Å². The molecule has 2 aromatic carbocycles. The number of carbonyl (C=O) groups excluding carboxylic acids is 1. The molecule has 1 amide bonds. The summed E-state index contributed by atoms with van der Waals surface area (Å²) in [5.74, 6) is 1.61. The number of hydroxylamine groups is 1. The summed E-state index contributed by atoms with van der Waals surface area (Å²) in [6, 6.07) is 13.2. The van der Waals surface area contributed by atoms with Crippen LogP contribution in [-0.2, 0) is 4.79 Å². The summed E-state index contributed by atoms with van der Waals surface area (Å²) in [6.45, 7) is 3.38. The van der Waals surface area contributed by atoms with Gasteiger partial charge in [-0.1, -0.05) is 12.1 Å². The smallest absolute Gasteiger partial charge is 0.284 e. The molecule has 1 unspecified atom stereocenters. The molecule has 1 aromatic heterocycles. The van der Waals surface area contributed by atoms with Crippen molar-refractivity contribution in [2.75, 3.05) is 19.1 Å². The fourth-order valence-corrected chi connectivity index (χ4v) is 2.85. The minimum atomic E-state index is -0.901. The highest BCUT2D eigenvalue weighted by atomic mass is 16.5. The zero-order valence-corrected chi connectivity index (χ0v) is 16.1. The van der Waals surface area contributed by atoms with Gasteiger partial charge in [-0.25, -0.2) is 15.4 Å². The van der Waals surface area contributed by atoms with E-state index in [1.54, 1.807) is 17.6 Å². The van der Waals surface area contributed by atoms with Gasteiger partial charge in [0.25, 0.3) is 5.91 Å². The van der Waals surface area contributed by atoms with Gasteiger partial charge in [0.15, 0.2) is 17.6 Å². The Kier molecular flexibility index (Phi) is 5.60. The minimum absolute atomic E-state index is 0.373. The molecule has 0 spiro atoms. The van der Waals surface area contributed by atoms with Gasteiger partial charge < -0.3 is 14.4 Å². The summed E-state index contributed by atoms with van der Waals surface area (Å²) in [5.41, 5.74) is 3.22. The van der Waals surface area contributed by atoms with Crippen molar-refractivity contribution < 1.29 is 19.5 Å². The molecule has 0 bridgehead atoms. The first-order chi connectivity index (χ1) is 13.4. The second-order valence-corrected chi connectivity index (χ2v) is 6.24. The first-order valence-corrected chi connectivity index (χ1v) is 8.70. The maximum Gasteiger partial charge on any atom is 0.284 e. The number of rotatable bonds is 6. The van der Waals surface area contributed by atoms with Gasteiger partial charge in [0, 0.05) is 24.2 Å². The molecule has 28 heavy (non-hydrogen) atoms. The second-order valence-electron chi connectivity index (χ2n) is 6.24. The predicted octanol–water partition coefficient (Wildman–Crippen LogP) is 2.99. The van der Waals surface area contributed by atoms with Crippen molar-refractivity contribution in [3.05, 3.63) is 48.3 Å². The van der Waals surface area contributed by atoms with Gasteiger partial charge in [-0.3, -0.25) is 10.0 Å². The number of carbonyl (C=O) groups is 1. The molecular weight excluding hydrogens is 360 g/mol. The van der Waals surface area contributed by atoms with Gasteiger partial charge in [-0.15, -0.1) is 0 Å². The number of ether oxygens (including phenoxy) is 2. The van der Waals surface area contributed by atoms with Gasteiger partial charge in [-0.2, -0.15) is 0 Å². The molecule has 0 saturated heterocycles. The van der Waals surface area contributed by atoms with Crippen molar-refractivity contribution >= 4 is 28.3 Å². The quantitative estimate of drug-likeness (QED) is 0.500. The Bertz CT molecular complexity index is 1010. The molecule has 2 N–H and O–H groups in total. The molecule has 8 nitrogen and oxygen atoms in total. The Labute approximate surface area is 162 Å². The molecule has 0 aliphatic heterocycles. The molecule has 0 aliphatic rings. The highest BCUT2D eigenvalue weighted by molar-refractivity contribution is 5.91. The normalized spacial score (nSPS) is 11.8. The number of hydrogen-bond acceptors (Lipinski definition) is 7. The molecule has 3 rings (SSSR count). The van der Waals surface area contributed by atoms with E-state index in [1.807, 2.05) is 49.2 Å². The molecule has 1 heterocycles. The van der Waals surface area contributed by atoms with Crippen LogP contribution in [0, 0.1) is 6.92 Å². The van der Waals surface area contributed by atoms with E-state index in [0.29, 0.717) is 17.3 Å². The first-order valence-electron chi connectivity index (χ1n) is 8.70. The van der Waals surface area contributed by atoms with Crippen LogP contribution in [0.4, 0.5) is 11.5 Å². The topological polar surface area (TPSA) is 96.8 Å². The van der Waals surface area contributed by atoms with Crippen LogP contribution in [0.5, 0.6) is 11.5 Å². The van der Waals surface area contributed by atoms with Crippen LogP contribution < -0.4 is 19.9 Å². The lowest BCUT2D eigenvalue weighted by Crippen LogP contribution is -2.34. The van der Waals surface area contributed by atoms with E-state index in [0.717, 1.165) is 22.4 Å². The summed E-state index contributed by atoms with van der Waals surface area (Å²) in [4.78, 5) is 22.6. The number of nitrogens with one attached hydrogen (secondary N) is 1. The van der Waals surface area contributed by atoms with Crippen molar-refractivity contribution in [1.82, 2.24) is 15.4 Å². The van der Waals surface area contributed by atoms with E-state index in [4.69, 9.17) is 14.7 Å². The van der Waals surface area contributed by atoms with E-state index in [-0.39, 0.29) is 0 Å². The third kappa shape index (κ3) is 3.81. The van der Waals surface area contributed by atoms with E-state index in [9.17, 15) is 4.79 Å². The first kappa shape index (κ1) is 19.4. The lowest BCUT2D eigenvalue weighted by molar-refractivity contribution is -0.135. The molecule has 8 heteroatoms. The molecule has 3 aromatic rings. The Morgan fingerprint density at radius 3 is 2.64 bits per heavy atom. The lowest BCUT2D eigenvalue weighted by Gasteiger charge is -2.22. The Balaban J connectivity index is 2.02. The summed E-state index contributed by atoms with van der Waals surface area (Å²) in [6.07, 6.45) is -0.901. The molecule has 146 valence electrons. The van der Waals surface area contributed by atoms with Gasteiger partial charge in [-0.05, 0) is 38.1 Å². The Morgan fingerprint density at radius 1 is 1.18 bits per heavy atom. The van der Waals surface area contributed by atoms with Crippen molar-refractivity contribution in [3.8, 4) is 11.5 Å². The van der Waals surface area contributed by atoms with Gasteiger partial charge in [0.1, 0.15) is 11.6 Å². The molecule has 0 radical (unpaired) electrons. The van der Waals surface area contributed by atoms with Crippen LogP contribution in [0.1, 0.15) is 12.7 Å². The fraction of sp³-hybridized carbons (Fsp3) is 0.250. The average molecular weight is 382 g/mol. The molecule has 1 atom stereocenters. The fourth-order valence-electron chi connectivity index (χ4n) is 2.85. The summed E-state index contributed by atoms with van der Waals surface area (Å²) in [7, 11) is 3.41. The van der Waals surface area contributed by atoms with Gasteiger partial charge in [0.05, 0.1) is 12.6 Å². The number of para-hydroxylation sites is 1. The van der Waals surface area contributed by atoms with E-state index < -0.39 is 12.0 Å². The number of anilines is 2. The van der Waals surface area contributed by atoms with Crippen molar-refractivity contribution in [3.63, 3.8) is 0 Å². The van der Waals surface area contributed by atoms with E-state index in [2.05, 4.69) is 9.97 Å². The van der Waals surface area contributed by atoms with E-state index >= 15 is 0 Å². The maximum atomic E-state index is 11.6. The summed E-state index contributed by atoms with van der Waals surface area (Å²) in [5, 5.41) is 9.71. The van der Waals surface area contributed by atoms with Gasteiger partial charge in [0.2, 0.25) is 0 Å². The largest absolute Gasteiger partial charge is 0.493 e. The van der Waals surface area contributed by atoms with Crippen LogP contribution in [-0.4, -0.2) is 41.3 Å². The third-order valence-corrected chi connectivity index (χ3v) is 4.33. The molecule has 0 aliphatic carbocycles. The van der Waals surface area contributed by atoms with Crippen LogP contribution in [0.15, 0.2) is 42.5 Å². The molecule has 0 fully saturated rings. The average Bonchev–Trinajstić information content (AvgIpc) is 2.71. The zero-order chi connectivity index (χ0) is 20.3. The van der Waals surface area contributed by atoms with Crippen LogP contribution >= 0.6 is 0 Å². The number of aromatic nitrogens is 2. The summed E-state index contributed by atoms with van der Waals surface area (Å²) >= 11 is 0. The van der Waals surface area contributed by atoms with Crippen molar-refractivity contribution in [1.29, 1.82) is 0 Å². The second kappa shape index (κ2) is 8.10. The highest BCUT2D eigenvalue weighted by Crippen LogP contribution is 2.35. The van der Waals surface area contributed by atoms with Crippen LogP contribution in [0.2, 0.25) is 0 Å². The van der Waals surface area contributed by atoms with Crippen molar-refractivity contribution in [2.24, 2.45) is 0 Å². The van der Waals surface area contributed by atoms with E-state index in [1.165, 1.54) is 14.0 Å². The number of fused-ring (bicyclic) bond motifs is 1. The number of methoxy groups -OCH3 is 1. The third-order valence-electron chi connectivity index (χ3n) is 4.33. The zero-order valence-electron chi connectivity index (χ0n) is 16.1. The Hall–Kier alpha value is -3.39. The number of aryl methyl sites for hydroxylation is 1. The molecule has 0 saturated carbocycles. The highest BCUT2D eigenvalue weighted by Gasteiger charge is 2.19. The predicted molar refractivity (Wildman–Crippen MR) is 105 cm³/mol. The number of benzene rings is 2. The number of nitrogens with zero attached hydrogens (tertiary/aromatic N) is 3. The monoisotopic (exact) mass is 382 g/mol. The minimum Gasteiger partial charge on any atom is -0.493 e. The maximum absolute atomic E-state index is 11.6. The Morgan fingerprint density at radius 2 is 1.93 bits per heavy atom. The number of amides is 1. The molecular formula is C20H22N4O4. The van der Waals surface area contributed by atoms with Gasteiger partial charge >= 0.3 is 0 Å². The SMILES string of the molecule is COc1ccc(N(C)c2nc(C)nc3ccccc23)cc1OC(C)C(=O)NO. The summed E-state index contributed by atoms with van der Waals surface area (Å²) < 4.78 is 11.0. The van der Waals surface area contributed by atoms with Crippen molar-refractivity contribution in [2.45, 2.75) is 20.0 Å². The lowest BCUT2D eigenvalue weighted by atomic mass is 10.2. The van der Waals surface area contributed by atoms with Crippen LogP contribution in [0.25, 0.3) is 10.9 Å². The standard InChI is InChI=1S/C20H22N4O4/c1-12(20(25)23-26)28-18-11-14(9-10-17(18)27-4)24(3)19-15-7-5-6-8-16(15)21-13(2)22-19/h5-12,26H,1-4H3,(H,23,25). The number of hydrogen-bond donors (Lipinski definition) is 2.